The molecule has 1 fully saturated rings. The third kappa shape index (κ3) is 5.98. The first-order valence-electron chi connectivity index (χ1n) is 11.5. The van der Waals surface area contributed by atoms with E-state index >= 15 is 0 Å². The highest BCUT2D eigenvalue weighted by Crippen LogP contribution is 2.32. The van der Waals surface area contributed by atoms with Gasteiger partial charge in [0.25, 0.3) is 0 Å². The molecule has 1 aliphatic rings. The third-order valence-electron chi connectivity index (χ3n) is 6.19. The van der Waals surface area contributed by atoms with Crippen LogP contribution in [0.2, 0.25) is 0 Å². The molecule has 6 heteroatoms. The number of ketones is 1. The normalized spacial score (nSPS) is 18.2. The number of esters is 1. The van der Waals surface area contributed by atoms with Crippen molar-refractivity contribution >= 4 is 23.5 Å². The minimum atomic E-state index is -1.06. The number of nitrogens with one attached hydrogen (secondary N) is 1. The van der Waals surface area contributed by atoms with E-state index in [0.29, 0.717) is 18.9 Å². The van der Waals surface area contributed by atoms with Gasteiger partial charge in [-0.25, -0.2) is 4.79 Å². The summed E-state index contributed by atoms with van der Waals surface area (Å²) in [6, 6.07) is 12.1. The second-order valence-electron chi connectivity index (χ2n) is 9.21. The van der Waals surface area contributed by atoms with E-state index in [1.807, 2.05) is 44.4 Å². The number of hydrogen-bond donors (Lipinski definition) is 1. The summed E-state index contributed by atoms with van der Waals surface area (Å²) in [4.78, 5) is 26.6. The quantitative estimate of drug-likeness (QED) is 0.317. The van der Waals surface area contributed by atoms with Crippen LogP contribution in [0.25, 0.3) is 0 Å². The summed E-state index contributed by atoms with van der Waals surface area (Å²) in [7, 11) is 0. The molecule has 3 rings (SSSR count). The molecule has 1 aliphatic heterocycles. The molecule has 2 aromatic carbocycles. The maximum absolute atomic E-state index is 13.2. The number of carbonyl (C=O) groups is 2. The van der Waals surface area contributed by atoms with Gasteiger partial charge in [-0.2, -0.15) is 0 Å². The van der Waals surface area contributed by atoms with E-state index in [9.17, 15) is 9.59 Å². The average molecular weight is 470 g/mol. The Morgan fingerprint density at radius 2 is 1.73 bits per heavy atom. The zero-order chi connectivity index (χ0) is 24.2. The Hall–Kier alpha value is -2.31. The number of aryl methyl sites for hydroxylation is 2. The lowest BCUT2D eigenvalue weighted by Crippen LogP contribution is -2.40. The van der Waals surface area contributed by atoms with Gasteiger partial charge in [-0.1, -0.05) is 24.3 Å². The molecule has 2 atom stereocenters. The van der Waals surface area contributed by atoms with Crippen LogP contribution in [0.5, 0.6) is 5.75 Å². The standard InChI is InChI=1S/C27H35NO4S/c1-7-31-26(30)27(4,5)32-25-17(2)12-19(13-18(25)3)14-21-15-28-16-23(21)24(29)20-8-10-22(33-6)11-9-20/h8-13,21,23,28H,7,14-16H2,1-6H3. The second kappa shape index (κ2) is 10.7. The monoisotopic (exact) mass is 469 g/mol. The summed E-state index contributed by atoms with van der Waals surface area (Å²) in [5.74, 6) is 0.741. The molecule has 0 saturated carbocycles. The first-order chi connectivity index (χ1) is 15.7. The first-order valence-corrected chi connectivity index (χ1v) is 12.7. The molecule has 2 aromatic rings. The molecule has 0 aliphatic carbocycles. The van der Waals surface area contributed by atoms with E-state index in [4.69, 9.17) is 9.47 Å². The molecule has 0 bridgehead atoms. The van der Waals surface area contributed by atoms with Crippen LogP contribution in [-0.2, 0) is 16.0 Å². The molecular formula is C27H35NO4S. The largest absolute Gasteiger partial charge is 0.476 e. The van der Waals surface area contributed by atoms with Crippen molar-refractivity contribution < 1.29 is 19.1 Å². The fourth-order valence-corrected chi connectivity index (χ4v) is 4.86. The molecular weight excluding hydrogens is 434 g/mol. The number of Topliss-reactive ketones (excluding diaryl/α,β-unsaturated/α-hetero) is 1. The van der Waals surface area contributed by atoms with Crippen LogP contribution in [0.15, 0.2) is 41.3 Å². The zero-order valence-electron chi connectivity index (χ0n) is 20.5. The van der Waals surface area contributed by atoms with Crippen LogP contribution in [0.4, 0.5) is 0 Å². The Labute approximate surface area is 201 Å². The van der Waals surface area contributed by atoms with Crippen LogP contribution in [0.1, 0.15) is 47.8 Å². The van der Waals surface area contributed by atoms with Gasteiger partial charge in [0.05, 0.1) is 6.61 Å². The maximum atomic E-state index is 13.2. The molecule has 0 radical (unpaired) electrons. The van der Waals surface area contributed by atoms with Gasteiger partial charge in [-0.3, -0.25) is 4.79 Å². The van der Waals surface area contributed by atoms with E-state index in [1.54, 1.807) is 32.5 Å². The molecule has 1 N–H and O–H groups in total. The first kappa shape index (κ1) is 25.3. The summed E-state index contributed by atoms with van der Waals surface area (Å²) >= 11 is 1.68. The highest BCUT2D eigenvalue weighted by molar-refractivity contribution is 7.98. The van der Waals surface area contributed by atoms with E-state index < -0.39 is 5.60 Å². The predicted octanol–water partition coefficient (Wildman–Crippen LogP) is 5.01. The van der Waals surface area contributed by atoms with Crippen LogP contribution in [0.3, 0.4) is 0 Å². The van der Waals surface area contributed by atoms with E-state index in [-0.39, 0.29) is 23.6 Å². The number of benzene rings is 2. The highest BCUT2D eigenvalue weighted by atomic mass is 32.2. The molecule has 1 heterocycles. The Balaban J connectivity index is 1.74. The van der Waals surface area contributed by atoms with Gasteiger partial charge in [-0.15, -0.1) is 11.8 Å². The summed E-state index contributed by atoms with van der Waals surface area (Å²) in [6.07, 6.45) is 2.85. The fraction of sp³-hybridized carbons (Fsp3) is 0.481. The molecule has 0 amide bonds. The topological polar surface area (TPSA) is 64.6 Å². The summed E-state index contributed by atoms with van der Waals surface area (Å²) < 4.78 is 11.2. The molecule has 5 nitrogen and oxygen atoms in total. The number of rotatable bonds is 9. The molecule has 2 unspecified atom stereocenters. The second-order valence-corrected chi connectivity index (χ2v) is 10.1. The highest BCUT2D eigenvalue weighted by Gasteiger charge is 2.35. The van der Waals surface area contributed by atoms with Crippen LogP contribution < -0.4 is 10.1 Å². The van der Waals surface area contributed by atoms with Crippen molar-refractivity contribution in [1.82, 2.24) is 5.32 Å². The Kier molecular flexibility index (Phi) is 8.24. The molecule has 0 spiro atoms. The maximum Gasteiger partial charge on any atom is 0.349 e. The third-order valence-corrected chi connectivity index (χ3v) is 6.94. The molecule has 178 valence electrons. The van der Waals surface area contributed by atoms with Crippen molar-refractivity contribution in [1.29, 1.82) is 0 Å². The summed E-state index contributed by atoms with van der Waals surface area (Å²) in [5, 5.41) is 3.41. The summed E-state index contributed by atoms with van der Waals surface area (Å²) in [5.41, 5.74) is 2.85. The van der Waals surface area contributed by atoms with Crippen molar-refractivity contribution in [3.05, 3.63) is 58.7 Å². The smallest absolute Gasteiger partial charge is 0.349 e. The van der Waals surface area contributed by atoms with E-state index in [1.165, 1.54) is 5.56 Å². The Morgan fingerprint density at radius 1 is 1.09 bits per heavy atom. The summed E-state index contributed by atoms with van der Waals surface area (Å²) in [6.45, 7) is 11.1. The van der Waals surface area contributed by atoms with Gasteiger partial charge >= 0.3 is 5.97 Å². The predicted molar refractivity (Wildman–Crippen MR) is 133 cm³/mol. The van der Waals surface area contributed by atoms with Crippen LogP contribution in [0, 0.1) is 25.7 Å². The van der Waals surface area contributed by atoms with E-state index in [0.717, 1.165) is 34.6 Å². The van der Waals surface area contributed by atoms with Crippen molar-refractivity contribution in [3.63, 3.8) is 0 Å². The number of thioether (sulfide) groups is 1. The van der Waals surface area contributed by atoms with Crippen molar-refractivity contribution in [2.75, 3.05) is 26.0 Å². The van der Waals surface area contributed by atoms with Gasteiger partial charge in [0, 0.05) is 22.9 Å². The zero-order valence-corrected chi connectivity index (χ0v) is 21.3. The van der Waals surface area contributed by atoms with Gasteiger partial charge in [0.15, 0.2) is 11.4 Å². The van der Waals surface area contributed by atoms with Gasteiger partial charge < -0.3 is 14.8 Å². The average Bonchev–Trinajstić information content (AvgIpc) is 3.24. The lowest BCUT2D eigenvalue weighted by molar-refractivity contribution is -0.158. The fourth-order valence-electron chi connectivity index (χ4n) is 4.45. The minimum Gasteiger partial charge on any atom is -0.476 e. The van der Waals surface area contributed by atoms with Crippen LogP contribution in [-0.4, -0.2) is 43.3 Å². The SMILES string of the molecule is CCOC(=O)C(C)(C)Oc1c(C)cc(CC2CNCC2C(=O)c2ccc(SC)cc2)cc1C. The lowest BCUT2D eigenvalue weighted by atomic mass is 9.84. The Morgan fingerprint density at radius 3 is 2.30 bits per heavy atom. The number of hydrogen-bond acceptors (Lipinski definition) is 6. The van der Waals surface area contributed by atoms with E-state index in [2.05, 4.69) is 17.4 Å². The van der Waals surface area contributed by atoms with Gasteiger partial charge in [-0.05, 0) is 88.6 Å². The van der Waals surface area contributed by atoms with Crippen molar-refractivity contribution in [3.8, 4) is 5.75 Å². The molecule has 1 saturated heterocycles. The van der Waals surface area contributed by atoms with Crippen LogP contribution >= 0.6 is 11.8 Å². The van der Waals surface area contributed by atoms with Gasteiger partial charge in [0.2, 0.25) is 0 Å². The molecule has 0 aromatic heterocycles. The number of ether oxygens (including phenoxy) is 2. The van der Waals surface area contributed by atoms with Gasteiger partial charge in [0.1, 0.15) is 5.75 Å². The number of carbonyl (C=O) groups excluding carboxylic acids is 2. The van der Waals surface area contributed by atoms with Crippen molar-refractivity contribution in [2.24, 2.45) is 11.8 Å². The molecule has 33 heavy (non-hydrogen) atoms. The minimum absolute atomic E-state index is 0.0376. The van der Waals surface area contributed by atoms with Crippen molar-refractivity contribution in [2.45, 2.75) is 51.5 Å². The lowest BCUT2D eigenvalue weighted by Gasteiger charge is -2.27. The Bertz CT molecular complexity index is 977.